The van der Waals surface area contributed by atoms with Gasteiger partial charge >= 0.3 is 5.97 Å². The lowest BCUT2D eigenvalue weighted by atomic mass is 10.0. The van der Waals surface area contributed by atoms with E-state index in [1.54, 1.807) is 13.8 Å². The van der Waals surface area contributed by atoms with Gasteiger partial charge in [0.25, 0.3) is 0 Å². The zero-order valence-corrected chi connectivity index (χ0v) is 20.5. The molecular weight excluding hydrogens is 448 g/mol. The maximum atomic E-state index is 12.8. The van der Waals surface area contributed by atoms with Crippen molar-refractivity contribution in [3.63, 3.8) is 0 Å². The van der Waals surface area contributed by atoms with Gasteiger partial charge < -0.3 is 42.9 Å². The summed E-state index contributed by atoms with van der Waals surface area (Å²) in [5.41, 5.74) is 11.0. The molecule has 0 rings (SSSR count). The van der Waals surface area contributed by atoms with E-state index in [1.165, 1.54) is 20.8 Å². The molecule has 10 N–H and O–H groups in total. The van der Waals surface area contributed by atoms with Crippen LogP contribution >= 0.6 is 0 Å². The van der Waals surface area contributed by atoms with Crippen molar-refractivity contribution >= 4 is 29.6 Å². The largest absolute Gasteiger partial charge is 0.480 e. The third-order valence-corrected chi connectivity index (χ3v) is 5.04. The summed E-state index contributed by atoms with van der Waals surface area (Å²) in [6.07, 6.45) is -0.0362. The second kappa shape index (κ2) is 15.2. The number of carbonyl (C=O) groups is 5. The second-order valence-electron chi connectivity index (χ2n) is 8.66. The Bertz CT molecular complexity index is 714. The number of nitrogens with one attached hydrogen (secondary N) is 4. The number of carboxylic acid groups (broad SMARTS) is 1. The molecule has 0 aromatic carbocycles. The van der Waals surface area contributed by atoms with Gasteiger partial charge in [-0.25, -0.2) is 4.79 Å². The zero-order valence-electron chi connectivity index (χ0n) is 20.5. The van der Waals surface area contributed by atoms with Gasteiger partial charge in [0.2, 0.25) is 23.6 Å². The summed E-state index contributed by atoms with van der Waals surface area (Å²) in [6, 6.07) is -5.59. The van der Waals surface area contributed by atoms with E-state index in [-0.39, 0.29) is 12.3 Å². The Morgan fingerprint density at radius 2 is 1.32 bits per heavy atom. The lowest BCUT2D eigenvalue weighted by Gasteiger charge is -2.26. The quantitative estimate of drug-likeness (QED) is 0.114. The highest BCUT2D eigenvalue weighted by atomic mass is 16.4. The first-order valence-corrected chi connectivity index (χ1v) is 11.3. The van der Waals surface area contributed by atoms with E-state index in [0.29, 0.717) is 19.4 Å². The summed E-state index contributed by atoms with van der Waals surface area (Å²) in [7, 11) is 0. The molecule has 0 aliphatic carbocycles. The van der Waals surface area contributed by atoms with Crippen molar-refractivity contribution in [1.82, 2.24) is 21.3 Å². The Hall–Kier alpha value is -2.77. The van der Waals surface area contributed by atoms with Gasteiger partial charge in [0.15, 0.2) is 0 Å². The fraction of sp³-hybridized carbons (Fsp3) is 0.762. The normalized spacial score (nSPS) is 16.4. The minimum Gasteiger partial charge on any atom is -0.480 e. The summed E-state index contributed by atoms with van der Waals surface area (Å²) in [6.45, 7) is 7.73. The summed E-state index contributed by atoms with van der Waals surface area (Å²) in [5.74, 6) is -4.43. The van der Waals surface area contributed by atoms with Crippen LogP contribution in [0.15, 0.2) is 0 Å². The van der Waals surface area contributed by atoms with E-state index >= 15 is 0 Å². The molecule has 0 heterocycles. The highest BCUT2D eigenvalue weighted by Crippen LogP contribution is 2.05. The van der Waals surface area contributed by atoms with Crippen molar-refractivity contribution in [1.29, 1.82) is 0 Å². The van der Waals surface area contributed by atoms with Crippen LogP contribution in [0.4, 0.5) is 0 Å². The Labute approximate surface area is 199 Å². The monoisotopic (exact) mass is 488 g/mol. The first kappa shape index (κ1) is 31.2. The average molecular weight is 489 g/mol. The molecule has 0 aliphatic rings. The first-order chi connectivity index (χ1) is 15.7. The van der Waals surface area contributed by atoms with E-state index in [1.807, 2.05) is 0 Å². The van der Waals surface area contributed by atoms with Crippen molar-refractivity contribution < 1.29 is 34.2 Å². The molecule has 0 aromatic heterocycles. The van der Waals surface area contributed by atoms with E-state index in [2.05, 4.69) is 21.3 Å². The number of aliphatic carboxylic acids is 1. The van der Waals surface area contributed by atoms with Gasteiger partial charge in [0.1, 0.15) is 24.2 Å². The highest BCUT2D eigenvalue weighted by Gasteiger charge is 2.32. The first-order valence-electron chi connectivity index (χ1n) is 11.3. The number of unbranched alkanes of at least 4 members (excludes halogenated alkanes) is 1. The lowest BCUT2D eigenvalue weighted by molar-refractivity contribution is -0.143. The van der Waals surface area contributed by atoms with Gasteiger partial charge in [-0.2, -0.15) is 0 Å². The number of aliphatic hydroxyl groups is 1. The van der Waals surface area contributed by atoms with Crippen molar-refractivity contribution in [3.8, 4) is 0 Å². The fourth-order valence-electron chi connectivity index (χ4n) is 2.88. The topological polar surface area (TPSA) is 226 Å². The minimum atomic E-state index is -1.36. The number of hydrogen-bond donors (Lipinski definition) is 8. The van der Waals surface area contributed by atoms with Crippen molar-refractivity contribution in [3.05, 3.63) is 0 Å². The molecule has 34 heavy (non-hydrogen) atoms. The van der Waals surface area contributed by atoms with Gasteiger partial charge in [-0.3, -0.25) is 19.2 Å². The van der Waals surface area contributed by atoms with Gasteiger partial charge in [0, 0.05) is 0 Å². The maximum Gasteiger partial charge on any atom is 0.326 e. The molecule has 13 nitrogen and oxygen atoms in total. The third kappa shape index (κ3) is 10.9. The molecule has 6 atom stereocenters. The van der Waals surface area contributed by atoms with Crippen molar-refractivity contribution in [2.24, 2.45) is 17.4 Å². The number of carboxylic acids is 1. The zero-order chi connectivity index (χ0) is 26.6. The van der Waals surface area contributed by atoms with Gasteiger partial charge in [0.05, 0.1) is 12.1 Å². The molecule has 0 saturated heterocycles. The Kier molecular flexibility index (Phi) is 14.0. The van der Waals surface area contributed by atoms with Gasteiger partial charge in [-0.1, -0.05) is 13.8 Å². The number of amides is 4. The summed E-state index contributed by atoms with van der Waals surface area (Å²) in [4.78, 5) is 61.2. The molecule has 4 amide bonds. The van der Waals surface area contributed by atoms with Gasteiger partial charge in [-0.05, 0) is 52.5 Å². The number of carbonyl (C=O) groups excluding carboxylic acids is 4. The molecular formula is C21H40N6O7. The maximum absolute atomic E-state index is 12.8. The van der Waals surface area contributed by atoms with Crippen LogP contribution in [0.2, 0.25) is 0 Å². The number of rotatable bonds is 15. The summed E-state index contributed by atoms with van der Waals surface area (Å²) in [5, 5.41) is 28.8. The molecule has 0 bridgehead atoms. The third-order valence-electron chi connectivity index (χ3n) is 5.04. The molecule has 13 heteroatoms. The van der Waals surface area contributed by atoms with Crippen molar-refractivity contribution in [2.75, 3.05) is 6.54 Å². The lowest BCUT2D eigenvalue weighted by Crippen LogP contribution is -2.60. The molecule has 6 unspecified atom stereocenters. The van der Waals surface area contributed by atoms with Crippen LogP contribution in [0.3, 0.4) is 0 Å². The van der Waals surface area contributed by atoms with Gasteiger partial charge in [-0.15, -0.1) is 0 Å². The van der Waals surface area contributed by atoms with Crippen LogP contribution in [0.5, 0.6) is 0 Å². The predicted octanol–water partition coefficient (Wildman–Crippen LogP) is -2.46. The fourth-order valence-corrected chi connectivity index (χ4v) is 2.88. The molecule has 0 radical (unpaired) electrons. The predicted molar refractivity (Wildman–Crippen MR) is 124 cm³/mol. The Morgan fingerprint density at radius 3 is 1.76 bits per heavy atom. The Morgan fingerprint density at radius 1 is 0.765 bits per heavy atom. The number of hydrogen-bond acceptors (Lipinski definition) is 8. The molecule has 0 aromatic rings. The van der Waals surface area contributed by atoms with E-state index < -0.39 is 65.9 Å². The highest BCUT2D eigenvalue weighted by molar-refractivity contribution is 5.95. The molecule has 0 saturated carbocycles. The SMILES string of the molecule is CC(N)C(=O)NC(C(=O)NC(CCCCN)C(=O)NC(C)C(=O)NC(C(=O)O)C(C)C)C(C)O. The van der Waals surface area contributed by atoms with Crippen LogP contribution in [-0.4, -0.2) is 82.7 Å². The second-order valence-corrected chi connectivity index (χ2v) is 8.66. The molecule has 0 aliphatic heterocycles. The smallest absolute Gasteiger partial charge is 0.326 e. The standard InChI is InChI=1S/C21H40N6O7/c1-10(2)15(21(33)34)26-18(30)12(4)24-19(31)14(8-6-7-9-22)25-20(32)16(13(5)28)27-17(29)11(3)23/h10-16,28H,6-9,22-23H2,1-5H3,(H,24,31)(H,25,32)(H,26,30)(H,27,29)(H,33,34). The van der Waals surface area contributed by atoms with E-state index in [9.17, 15) is 34.2 Å². The number of aliphatic hydroxyl groups excluding tert-OH is 1. The average Bonchev–Trinajstić information content (AvgIpc) is 2.73. The van der Waals surface area contributed by atoms with E-state index in [4.69, 9.17) is 11.5 Å². The minimum absolute atomic E-state index is 0.181. The van der Waals surface area contributed by atoms with Crippen LogP contribution < -0.4 is 32.7 Å². The summed E-state index contributed by atoms with van der Waals surface area (Å²) < 4.78 is 0. The van der Waals surface area contributed by atoms with Crippen LogP contribution in [0.1, 0.15) is 53.9 Å². The number of nitrogens with two attached hydrogens (primary N) is 2. The van der Waals surface area contributed by atoms with Crippen LogP contribution in [0, 0.1) is 5.92 Å². The van der Waals surface area contributed by atoms with Crippen LogP contribution in [-0.2, 0) is 24.0 Å². The Balaban J connectivity index is 5.39. The summed E-state index contributed by atoms with van der Waals surface area (Å²) >= 11 is 0. The van der Waals surface area contributed by atoms with Crippen molar-refractivity contribution in [2.45, 2.75) is 90.2 Å². The van der Waals surface area contributed by atoms with E-state index in [0.717, 1.165) is 0 Å². The molecule has 196 valence electrons. The molecule has 0 fully saturated rings. The molecule has 0 spiro atoms. The van der Waals surface area contributed by atoms with Crippen LogP contribution in [0.25, 0.3) is 0 Å².